The number of nitrogens with zero attached hydrogens (tertiary/aromatic N) is 2. The zero-order valence-electron chi connectivity index (χ0n) is 10.8. The molecule has 1 N–H and O–H groups in total. The van der Waals surface area contributed by atoms with Crippen LogP contribution in [0.25, 0.3) is 0 Å². The zero-order valence-corrected chi connectivity index (χ0v) is 12.4. The standard InChI is InChI=1S/C13H20BrN3O/c1-2-8-18-12-9-11(10-16-13(12)14)17-6-3-4-15-5-7-17/h9-10,15H,2-8H2,1H3. The first kappa shape index (κ1) is 13.6. The van der Waals surface area contributed by atoms with Crippen LogP contribution >= 0.6 is 15.9 Å². The Morgan fingerprint density at radius 2 is 2.33 bits per heavy atom. The van der Waals surface area contributed by atoms with Gasteiger partial charge in [-0.05, 0) is 35.3 Å². The second kappa shape index (κ2) is 6.95. The summed E-state index contributed by atoms with van der Waals surface area (Å²) in [4.78, 5) is 6.73. The van der Waals surface area contributed by atoms with E-state index in [4.69, 9.17) is 4.74 Å². The summed E-state index contributed by atoms with van der Waals surface area (Å²) < 4.78 is 6.48. The molecule has 0 bridgehead atoms. The summed E-state index contributed by atoms with van der Waals surface area (Å²) in [5, 5.41) is 3.40. The molecule has 1 aromatic rings. The highest BCUT2D eigenvalue weighted by Crippen LogP contribution is 2.28. The molecule has 0 aliphatic carbocycles. The molecular formula is C13H20BrN3O. The normalized spacial score (nSPS) is 16.4. The van der Waals surface area contributed by atoms with E-state index in [0.717, 1.165) is 55.2 Å². The highest BCUT2D eigenvalue weighted by molar-refractivity contribution is 9.10. The van der Waals surface area contributed by atoms with Gasteiger partial charge in [0.25, 0.3) is 0 Å². The molecule has 4 nitrogen and oxygen atoms in total. The van der Waals surface area contributed by atoms with Gasteiger partial charge in [-0.1, -0.05) is 6.92 Å². The maximum atomic E-state index is 5.70. The van der Waals surface area contributed by atoms with Gasteiger partial charge in [0.1, 0.15) is 4.60 Å². The van der Waals surface area contributed by atoms with Crippen molar-refractivity contribution in [1.82, 2.24) is 10.3 Å². The minimum atomic E-state index is 0.727. The van der Waals surface area contributed by atoms with Crippen molar-refractivity contribution < 1.29 is 4.74 Å². The van der Waals surface area contributed by atoms with Crippen LogP contribution in [0, 0.1) is 0 Å². The van der Waals surface area contributed by atoms with Gasteiger partial charge < -0.3 is 15.0 Å². The Morgan fingerprint density at radius 3 is 3.17 bits per heavy atom. The maximum absolute atomic E-state index is 5.70. The van der Waals surface area contributed by atoms with E-state index in [0.29, 0.717) is 0 Å². The molecule has 1 saturated heterocycles. The molecule has 1 fully saturated rings. The Labute approximate surface area is 117 Å². The number of aromatic nitrogens is 1. The highest BCUT2D eigenvalue weighted by atomic mass is 79.9. The molecule has 1 aliphatic heterocycles. The molecule has 0 saturated carbocycles. The van der Waals surface area contributed by atoms with E-state index in [1.807, 2.05) is 6.20 Å². The number of hydrogen-bond donors (Lipinski definition) is 1. The van der Waals surface area contributed by atoms with E-state index in [-0.39, 0.29) is 0 Å². The van der Waals surface area contributed by atoms with Gasteiger partial charge in [-0.2, -0.15) is 0 Å². The molecule has 5 heteroatoms. The lowest BCUT2D eigenvalue weighted by atomic mass is 10.3. The summed E-state index contributed by atoms with van der Waals surface area (Å²) in [7, 11) is 0. The van der Waals surface area contributed by atoms with Crippen molar-refractivity contribution in [2.45, 2.75) is 19.8 Å². The molecule has 100 valence electrons. The Hall–Kier alpha value is -0.810. The van der Waals surface area contributed by atoms with Gasteiger partial charge in [0, 0.05) is 25.7 Å². The van der Waals surface area contributed by atoms with Gasteiger partial charge in [-0.3, -0.25) is 0 Å². The molecule has 0 unspecified atom stereocenters. The number of nitrogens with one attached hydrogen (secondary N) is 1. The van der Waals surface area contributed by atoms with Gasteiger partial charge in [-0.25, -0.2) is 4.98 Å². The molecule has 0 atom stereocenters. The first-order chi connectivity index (χ1) is 8.81. The lowest BCUT2D eigenvalue weighted by Crippen LogP contribution is -2.27. The van der Waals surface area contributed by atoms with Crippen LogP contribution in [0.15, 0.2) is 16.9 Å². The first-order valence-electron chi connectivity index (χ1n) is 6.55. The minimum absolute atomic E-state index is 0.727. The van der Waals surface area contributed by atoms with Crippen molar-refractivity contribution >= 4 is 21.6 Å². The molecular weight excluding hydrogens is 294 g/mol. The monoisotopic (exact) mass is 313 g/mol. The number of anilines is 1. The zero-order chi connectivity index (χ0) is 12.8. The molecule has 1 aromatic heterocycles. The minimum Gasteiger partial charge on any atom is -0.491 e. The van der Waals surface area contributed by atoms with Gasteiger partial charge in [0.2, 0.25) is 0 Å². The lowest BCUT2D eigenvalue weighted by molar-refractivity contribution is 0.314. The Bertz CT molecular complexity index is 378. The second-order valence-corrected chi connectivity index (χ2v) is 5.17. The van der Waals surface area contributed by atoms with E-state index >= 15 is 0 Å². The van der Waals surface area contributed by atoms with Crippen LogP contribution in [0.2, 0.25) is 0 Å². The highest BCUT2D eigenvalue weighted by Gasteiger charge is 2.12. The van der Waals surface area contributed by atoms with E-state index < -0.39 is 0 Å². The summed E-state index contributed by atoms with van der Waals surface area (Å²) in [5.74, 6) is 0.839. The summed E-state index contributed by atoms with van der Waals surface area (Å²) >= 11 is 3.43. The molecule has 0 radical (unpaired) electrons. The molecule has 0 spiro atoms. The molecule has 0 aromatic carbocycles. The molecule has 2 heterocycles. The van der Waals surface area contributed by atoms with Crippen molar-refractivity contribution in [3.63, 3.8) is 0 Å². The van der Waals surface area contributed by atoms with Gasteiger partial charge in [0.05, 0.1) is 18.5 Å². The first-order valence-corrected chi connectivity index (χ1v) is 7.34. The Balaban J connectivity index is 2.11. The predicted molar refractivity (Wildman–Crippen MR) is 77.4 cm³/mol. The van der Waals surface area contributed by atoms with Crippen LogP contribution in [0.3, 0.4) is 0 Å². The number of ether oxygens (including phenoxy) is 1. The second-order valence-electron chi connectivity index (χ2n) is 4.42. The Morgan fingerprint density at radius 1 is 1.44 bits per heavy atom. The smallest absolute Gasteiger partial charge is 0.154 e. The fraction of sp³-hybridized carbons (Fsp3) is 0.615. The van der Waals surface area contributed by atoms with Crippen molar-refractivity contribution in [3.8, 4) is 5.75 Å². The van der Waals surface area contributed by atoms with Crippen molar-refractivity contribution in [2.24, 2.45) is 0 Å². The third-order valence-corrected chi connectivity index (χ3v) is 3.55. The Kier molecular flexibility index (Phi) is 5.26. The fourth-order valence-corrected chi connectivity index (χ4v) is 2.34. The van der Waals surface area contributed by atoms with Crippen LogP contribution in [0.5, 0.6) is 5.75 Å². The van der Waals surface area contributed by atoms with E-state index in [2.05, 4.69) is 44.1 Å². The molecule has 1 aliphatic rings. The van der Waals surface area contributed by atoms with Gasteiger partial charge >= 0.3 is 0 Å². The van der Waals surface area contributed by atoms with Crippen molar-refractivity contribution in [3.05, 3.63) is 16.9 Å². The average molecular weight is 314 g/mol. The molecule has 0 amide bonds. The van der Waals surface area contributed by atoms with Crippen LogP contribution in [-0.2, 0) is 0 Å². The van der Waals surface area contributed by atoms with Crippen molar-refractivity contribution in [2.75, 3.05) is 37.7 Å². The number of hydrogen-bond acceptors (Lipinski definition) is 4. The number of rotatable bonds is 4. The van der Waals surface area contributed by atoms with Gasteiger partial charge in [-0.15, -0.1) is 0 Å². The molecule has 18 heavy (non-hydrogen) atoms. The summed E-state index contributed by atoms with van der Waals surface area (Å²) in [6.07, 6.45) is 4.08. The summed E-state index contributed by atoms with van der Waals surface area (Å²) in [6.45, 7) is 7.05. The van der Waals surface area contributed by atoms with Crippen molar-refractivity contribution in [1.29, 1.82) is 0 Å². The van der Waals surface area contributed by atoms with Crippen LogP contribution in [0.4, 0.5) is 5.69 Å². The predicted octanol–water partition coefficient (Wildman–Crippen LogP) is 2.43. The summed E-state index contributed by atoms with van der Waals surface area (Å²) in [6, 6.07) is 2.08. The fourth-order valence-electron chi connectivity index (χ4n) is 2.01. The van der Waals surface area contributed by atoms with Crippen LogP contribution < -0.4 is 15.0 Å². The topological polar surface area (TPSA) is 37.4 Å². The van der Waals surface area contributed by atoms with Crippen LogP contribution in [-0.4, -0.2) is 37.8 Å². The third kappa shape index (κ3) is 3.59. The third-order valence-electron chi connectivity index (χ3n) is 2.96. The summed E-state index contributed by atoms with van der Waals surface area (Å²) in [5.41, 5.74) is 1.15. The lowest BCUT2D eigenvalue weighted by Gasteiger charge is -2.22. The SMILES string of the molecule is CCCOc1cc(N2CCCNCC2)cnc1Br. The number of pyridine rings is 1. The van der Waals surface area contributed by atoms with E-state index in [9.17, 15) is 0 Å². The van der Waals surface area contributed by atoms with E-state index in [1.54, 1.807) is 0 Å². The maximum Gasteiger partial charge on any atom is 0.154 e. The van der Waals surface area contributed by atoms with E-state index in [1.165, 1.54) is 6.42 Å². The average Bonchev–Trinajstić information content (AvgIpc) is 2.67. The van der Waals surface area contributed by atoms with Gasteiger partial charge in [0.15, 0.2) is 5.75 Å². The largest absolute Gasteiger partial charge is 0.491 e. The van der Waals surface area contributed by atoms with Crippen LogP contribution in [0.1, 0.15) is 19.8 Å². The molecule has 2 rings (SSSR count). The quantitative estimate of drug-likeness (QED) is 0.866. The number of halogens is 1.